The lowest BCUT2D eigenvalue weighted by molar-refractivity contribution is 1.18. The van der Waals surface area contributed by atoms with Gasteiger partial charge in [-0.15, -0.1) is 0 Å². The molecule has 0 atom stereocenters. The van der Waals surface area contributed by atoms with E-state index in [4.69, 9.17) is 0 Å². The van der Waals surface area contributed by atoms with Crippen LogP contribution in [0.5, 0.6) is 0 Å². The predicted octanol–water partition coefficient (Wildman–Crippen LogP) is 9.27. The first kappa shape index (κ1) is 26.9. The maximum Gasteiger partial charge on any atom is 0.0998 e. The van der Waals surface area contributed by atoms with Gasteiger partial charge < -0.3 is 4.57 Å². The second-order valence-electron chi connectivity index (χ2n) is 10.6. The summed E-state index contributed by atoms with van der Waals surface area (Å²) in [6.45, 7) is 0. The van der Waals surface area contributed by atoms with Gasteiger partial charge in [0.2, 0.25) is 0 Å². The van der Waals surface area contributed by atoms with E-state index in [9.17, 15) is 21.0 Å². The van der Waals surface area contributed by atoms with Gasteiger partial charge in [0.25, 0.3) is 0 Å². The largest absolute Gasteiger partial charge is 0.309 e. The molecule has 45 heavy (non-hydrogen) atoms. The molecular weight excluding hydrogens is 550 g/mol. The third-order valence-corrected chi connectivity index (χ3v) is 8.18. The van der Waals surface area contributed by atoms with Crippen LogP contribution in [0, 0.1) is 45.3 Å². The molecule has 5 heteroatoms. The highest BCUT2D eigenvalue weighted by molar-refractivity contribution is 6.16. The lowest BCUT2D eigenvalue weighted by Gasteiger charge is -2.16. The smallest absolute Gasteiger partial charge is 0.0998 e. The Balaban J connectivity index is 1.72. The number of aromatic nitrogens is 1. The Morgan fingerprint density at radius 3 is 1.49 bits per heavy atom. The lowest BCUT2D eigenvalue weighted by Crippen LogP contribution is -1.98. The molecule has 5 nitrogen and oxygen atoms in total. The monoisotopic (exact) mass is 571 g/mol. The van der Waals surface area contributed by atoms with Gasteiger partial charge in [-0.2, -0.15) is 21.0 Å². The number of nitrogens with zero attached hydrogens (tertiary/aromatic N) is 5. The number of nitriles is 4. The number of para-hydroxylation sites is 2. The topological polar surface area (TPSA) is 100 Å². The first-order chi connectivity index (χ1) is 22.2. The second kappa shape index (κ2) is 11.1. The summed E-state index contributed by atoms with van der Waals surface area (Å²) in [7, 11) is 0. The number of fused-ring (bicyclic) bond motifs is 3. The molecule has 6 aromatic carbocycles. The standard InChI is InChI=1S/C40H21N5/c41-22-27-12-7-13-28(23-42)38(27)33-19-9-18-32-35-20-34(26-10-3-1-4-11-26)36(39-29(24-43)14-8-15-30(39)25-44)21-37(35)45(40(32)33)31-16-5-2-6-17-31/h1-21H. The van der Waals surface area contributed by atoms with E-state index < -0.39 is 0 Å². The van der Waals surface area contributed by atoms with Crippen LogP contribution in [0.3, 0.4) is 0 Å². The van der Waals surface area contributed by atoms with E-state index in [2.05, 4.69) is 47.0 Å². The molecule has 0 aliphatic carbocycles. The number of hydrogen-bond acceptors (Lipinski definition) is 4. The summed E-state index contributed by atoms with van der Waals surface area (Å²) in [5.74, 6) is 0. The van der Waals surface area contributed by atoms with Crippen molar-refractivity contribution >= 4 is 21.8 Å². The molecule has 0 bridgehead atoms. The molecular formula is C40H21N5. The maximum atomic E-state index is 10.2. The fraction of sp³-hybridized carbons (Fsp3) is 0. The van der Waals surface area contributed by atoms with Gasteiger partial charge in [-0.25, -0.2) is 0 Å². The zero-order valence-corrected chi connectivity index (χ0v) is 23.9. The average Bonchev–Trinajstić information content (AvgIpc) is 3.44. The van der Waals surface area contributed by atoms with Crippen molar-refractivity contribution in [3.05, 3.63) is 150 Å². The summed E-state index contributed by atoms with van der Waals surface area (Å²) in [5.41, 5.74) is 8.78. The molecule has 0 saturated heterocycles. The minimum Gasteiger partial charge on any atom is -0.309 e. The Hall–Kier alpha value is -6.92. The van der Waals surface area contributed by atoms with Crippen LogP contribution >= 0.6 is 0 Å². The van der Waals surface area contributed by atoms with Crippen molar-refractivity contribution in [1.29, 1.82) is 21.0 Å². The van der Waals surface area contributed by atoms with Gasteiger partial charge in [-0.3, -0.25) is 0 Å². The molecule has 0 N–H and O–H groups in total. The Kier molecular flexibility index (Phi) is 6.62. The summed E-state index contributed by atoms with van der Waals surface area (Å²) >= 11 is 0. The Morgan fingerprint density at radius 2 is 0.933 bits per heavy atom. The highest BCUT2D eigenvalue weighted by Crippen LogP contribution is 2.45. The molecule has 1 heterocycles. The van der Waals surface area contributed by atoms with Gasteiger partial charge in [-0.05, 0) is 65.2 Å². The van der Waals surface area contributed by atoms with Crippen LogP contribution in [0.4, 0.5) is 0 Å². The van der Waals surface area contributed by atoms with Crippen molar-refractivity contribution in [1.82, 2.24) is 4.57 Å². The normalized spacial score (nSPS) is 10.6. The van der Waals surface area contributed by atoms with E-state index in [0.29, 0.717) is 33.4 Å². The fourth-order valence-corrected chi connectivity index (χ4v) is 6.28. The van der Waals surface area contributed by atoms with Crippen LogP contribution in [0.15, 0.2) is 127 Å². The van der Waals surface area contributed by atoms with Crippen molar-refractivity contribution in [3.63, 3.8) is 0 Å². The van der Waals surface area contributed by atoms with Gasteiger partial charge in [0.1, 0.15) is 0 Å². The predicted molar refractivity (Wildman–Crippen MR) is 176 cm³/mol. The third kappa shape index (κ3) is 4.29. The minimum atomic E-state index is 0.412. The van der Waals surface area contributed by atoms with Crippen LogP contribution < -0.4 is 0 Å². The maximum absolute atomic E-state index is 10.2. The van der Waals surface area contributed by atoms with Crippen LogP contribution in [0.2, 0.25) is 0 Å². The van der Waals surface area contributed by atoms with Crippen molar-refractivity contribution in [2.24, 2.45) is 0 Å². The number of hydrogen-bond donors (Lipinski definition) is 0. The summed E-state index contributed by atoms with van der Waals surface area (Å²) in [4.78, 5) is 0. The molecule has 0 aliphatic rings. The van der Waals surface area contributed by atoms with Crippen LogP contribution in [0.1, 0.15) is 22.3 Å². The van der Waals surface area contributed by atoms with E-state index in [1.165, 1.54) is 0 Å². The zero-order valence-electron chi connectivity index (χ0n) is 23.9. The first-order valence-corrected chi connectivity index (χ1v) is 14.3. The SMILES string of the molecule is N#Cc1cccc(C#N)c1-c1cc2c(cc1-c1ccccc1)c1cccc(-c3c(C#N)cccc3C#N)c1n2-c1ccccc1. The minimum absolute atomic E-state index is 0.412. The van der Waals surface area contributed by atoms with E-state index in [0.717, 1.165) is 49.7 Å². The molecule has 0 spiro atoms. The highest BCUT2D eigenvalue weighted by Gasteiger charge is 2.23. The molecule has 7 aromatic rings. The van der Waals surface area contributed by atoms with Gasteiger partial charge in [0, 0.05) is 33.2 Å². The lowest BCUT2D eigenvalue weighted by atomic mass is 9.88. The summed E-state index contributed by atoms with van der Waals surface area (Å²) < 4.78 is 2.15. The molecule has 1 aromatic heterocycles. The van der Waals surface area contributed by atoms with Crippen LogP contribution in [0.25, 0.3) is 60.9 Å². The van der Waals surface area contributed by atoms with Crippen molar-refractivity contribution < 1.29 is 0 Å². The van der Waals surface area contributed by atoms with Crippen LogP contribution in [-0.4, -0.2) is 4.57 Å². The molecule has 0 saturated carbocycles. The van der Waals surface area contributed by atoms with E-state index in [-0.39, 0.29) is 0 Å². The first-order valence-electron chi connectivity index (χ1n) is 14.3. The Morgan fingerprint density at radius 1 is 0.422 bits per heavy atom. The fourth-order valence-electron chi connectivity index (χ4n) is 6.28. The Bertz CT molecular complexity index is 2400. The molecule has 7 rings (SSSR count). The second-order valence-corrected chi connectivity index (χ2v) is 10.6. The summed E-state index contributed by atoms with van der Waals surface area (Å²) in [5, 5.41) is 42.4. The van der Waals surface area contributed by atoms with Crippen molar-refractivity contribution in [2.45, 2.75) is 0 Å². The number of benzene rings is 6. The van der Waals surface area contributed by atoms with Gasteiger partial charge >= 0.3 is 0 Å². The molecule has 0 unspecified atom stereocenters. The van der Waals surface area contributed by atoms with Gasteiger partial charge in [0.05, 0.1) is 57.6 Å². The van der Waals surface area contributed by atoms with E-state index in [1.54, 1.807) is 36.4 Å². The molecule has 0 fully saturated rings. The Labute approximate surface area is 259 Å². The molecule has 0 aliphatic heterocycles. The van der Waals surface area contributed by atoms with Gasteiger partial charge in [-0.1, -0.05) is 78.9 Å². The van der Waals surface area contributed by atoms with Crippen LogP contribution in [-0.2, 0) is 0 Å². The summed E-state index contributed by atoms with van der Waals surface area (Å²) in [6.07, 6.45) is 0. The summed E-state index contributed by atoms with van der Waals surface area (Å²) in [6, 6.07) is 49.6. The third-order valence-electron chi connectivity index (χ3n) is 8.18. The highest BCUT2D eigenvalue weighted by atomic mass is 15.0. The average molecular weight is 572 g/mol. The van der Waals surface area contributed by atoms with Gasteiger partial charge in [0.15, 0.2) is 0 Å². The number of rotatable bonds is 4. The van der Waals surface area contributed by atoms with Crippen molar-refractivity contribution in [2.75, 3.05) is 0 Å². The quantitative estimate of drug-likeness (QED) is 0.210. The molecule has 206 valence electrons. The van der Waals surface area contributed by atoms with E-state index in [1.807, 2.05) is 72.8 Å². The van der Waals surface area contributed by atoms with Crippen molar-refractivity contribution in [3.8, 4) is 63.3 Å². The zero-order chi connectivity index (χ0) is 30.9. The van der Waals surface area contributed by atoms with E-state index >= 15 is 0 Å². The molecule has 0 amide bonds. The molecule has 0 radical (unpaired) electrons.